The molecular formula is C12H18FNO2S. The van der Waals surface area contributed by atoms with E-state index in [9.17, 15) is 4.39 Å². The molecule has 0 unspecified atom stereocenters. The molecule has 0 aliphatic heterocycles. The molecule has 0 radical (unpaired) electrons. The first kappa shape index (κ1) is 14.3. The lowest BCUT2D eigenvalue weighted by atomic mass is 10.2. The van der Waals surface area contributed by atoms with E-state index >= 15 is 0 Å². The van der Waals surface area contributed by atoms with Crippen LogP contribution in [0.3, 0.4) is 0 Å². The standard InChI is InChI=1S/C12H18FNO2S/c13-11-8-10(2-3-12(11)16)9-14-4-7-17-6-1-5-15/h2-3,8,14-16H,1,4-7,9H2. The second-order valence-corrected chi connectivity index (χ2v) is 4.88. The van der Waals surface area contributed by atoms with Crippen LogP contribution in [0.1, 0.15) is 12.0 Å². The van der Waals surface area contributed by atoms with Crippen LogP contribution in [-0.4, -0.2) is 34.9 Å². The summed E-state index contributed by atoms with van der Waals surface area (Å²) < 4.78 is 13.0. The zero-order valence-electron chi connectivity index (χ0n) is 9.66. The molecule has 0 fully saturated rings. The summed E-state index contributed by atoms with van der Waals surface area (Å²) in [6.07, 6.45) is 0.827. The number of aliphatic hydroxyl groups is 1. The molecule has 0 bridgehead atoms. The first-order valence-electron chi connectivity index (χ1n) is 5.60. The van der Waals surface area contributed by atoms with Gasteiger partial charge in [-0.15, -0.1) is 0 Å². The van der Waals surface area contributed by atoms with Crippen LogP contribution in [0, 0.1) is 5.82 Å². The Labute approximate surface area is 105 Å². The molecule has 0 heterocycles. The lowest BCUT2D eigenvalue weighted by Gasteiger charge is -2.05. The quantitative estimate of drug-likeness (QED) is 0.622. The average Bonchev–Trinajstić information content (AvgIpc) is 2.32. The zero-order chi connectivity index (χ0) is 12.5. The van der Waals surface area contributed by atoms with E-state index in [1.54, 1.807) is 17.8 Å². The minimum absolute atomic E-state index is 0.243. The van der Waals surface area contributed by atoms with Crippen molar-refractivity contribution in [3.63, 3.8) is 0 Å². The van der Waals surface area contributed by atoms with Gasteiger partial charge in [-0.05, 0) is 29.9 Å². The average molecular weight is 259 g/mol. The van der Waals surface area contributed by atoms with Crippen LogP contribution in [0.25, 0.3) is 0 Å². The van der Waals surface area contributed by atoms with Crippen LogP contribution in [0.2, 0.25) is 0 Å². The van der Waals surface area contributed by atoms with Gasteiger partial charge in [-0.3, -0.25) is 0 Å². The maximum Gasteiger partial charge on any atom is 0.165 e. The van der Waals surface area contributed by atoms with E-state index in [-0.39, 0.29) is 12.4 Å². The molecule has 0 saturated carbocycles. The van der Waals surface area contributed by atoms with E-state index in [1.165, 1.54) is 12.1 Å². The smallest absolute Gasteiger partial charge is 0.165 e. The molecule has 3 nitrogen and oxygen atoms in total. The fourth-order valence-corrected chi connectivity index (χ4v) is 2.13. The molecule has 1 aromatic carbocycles. The van der Waals surface area contributed by atoms with Crippen LogP contribution in [-0.2, 0) is 6.54 Å². The molecular weight excluding hydrogens is 241 g/mol. The van der Waals surface area contributed by atoms with Crippen molar-refractivity contribution in [3.8, 4) is 5.75 Å². The first-order chi connectivity index (χ1) is 8.24. The van der Waals surface area contributed by atoms with Gasteiger partial charge >= 0.3 is 0 Å². The van der Waals surface area contributed by atoms with Crippen LogP contribution < -0.4 is 5.32 Å². The molecule has 0 spiro atoms. The van der Waals surface area contributed by atoms with Gasteiger partial charge in [0, 0.05) is 25.4 Å². The number of halogens is 1. The van der Waals surface area contributed by atoms with Gasteiger partial charge < -0.3 is 15.5 Å². The number of hydrogen-bond acceptors (Lipinski definition) is 4. The molecule has 96 valence electrons. The summed E-state index contributed by atoms with van der Waals surface area (Å²) in [6.45, 7) is 1.68. The highest BCUT2D eigenvalue weighted by Gasteiger charge is 2.00. The van der Waals surface area contributed by atoms with E-state index < -0.39 is 5.82 Å². The van der Waals surface area contributed by atoms with E-state index in [2.05, 4.69) is 5.32 Å². The molecule has 0 atom stereocenters. The Hall–Kier alpha value is -0.780. The normalized spacial score (nSPS) is 10.7. The summed E-state index contributed by atoms with van der Waals surface area (Å²) in [5.41, 5.74) is 0.820. The Bertz CT molecular complexity index is 336. The molecule has 0 aliphatic rings. The number of aliphatic hydroxyl groups excluding tert-OH is 1. The van der Waals surface area contributed by atoms with Gasteiger partial charge in [0.05, 0.1) is 0 Å². The third-order valence-corrected chi connectivity index (χ3v) is 3.28. The molecule has 1 rings (SSSR count). The molecule has 17 heavy (non-hydrogen) atoms. The zero-order valence-corrected chi connectivity index (χ0v) is 10.5. The van der Waals surface area contributed by atoms with Crippen molar-refractivity contribution >= 4 is 11.8 Å². The third kappa shape index (κ3) is 5.91. The molecule has 5 heteroatoms. The van der Waals surface area contributed by atoms with Crippen LogP contribution >= 0.6 is 11.8 Å². The van der Waals surface area contributed by atoms with Crippen molar-refractivity contribution in [2.24, 2.45) is 0 Å². The monoisotopic (exact) mass is 259 g/mol. The third-order valence-electron chi connectivity index (χ3n) is 2.21. The SMILES string of the molecule is OCCCSCCNCc1ccc(O)c(F)c1. The Morgan fingerprint density at radius 3 is 2.82 bits per heavy atom. The molecule has 0 saturated heterocycles. The highest BCUT2D eigenvalue weighted by molar-refractivity contribution is 7.99. The Kier molecular flexibility index (Phi) is 7.00. The lowest BCUT2D eigenvalue weighted by Crippen LogP contribution is -2.16. The van der Waals surface area contributed by atoms with Crippen LogP contribution in [0.4, 0.5) is 4.39 Å². The number of aromatic hydroxyl groups is 1. The Morgan fingerprint density at radius 1 is 1.29 bits per heavy atom. The first-order valence-corrected chi connectivity index (χ1v) is 6.76. The fourth-order valence-electron chi connectivity index (χ4n) is 1.31. The van der Waals surface area contributed by atoms with Crippen molar-refractivity contribution in [2.75, 3.05) is 24.7 Å². The molecule has 0 aliphatic carbocycles. The maximum absolute atomic E-state index is 13.0. The van der Waals surface area contributed by atoms with E-state index in [1.807, 2.05) is 0 Å². The van der Waals surface area contributed by atoms with E-state index in [0.717, 1.165) is 30.0 Å². The molecule has 3 N–H and O–H groups in total. The van der Waals surface area contributed by atoms with E-state index in [4.69, 9.17) is 10.2 Å². The predicted molar refractivity (Wildman–Crippen MR) is 68.8 cm³/mol. The summed E-state index contributed by atoms with van der Waals surface area (Å²) >= 11 is 1.78. The number of phenolic OH excluding ortho intramolecular Hbond substituents is 1. The maximum atomic E-state index is 13.0. The Morgan fingerprint density at radius 2 is 2.12 bits per heavy atom. The summed E-state index contributed by atoms with van der Waals surface area (Å²) in [6, 6.07) is 4.40. The van der Waals surface area contributed by atoms with Crippen molar-refractivity contribution < 1.29 is 14.6 Å². The van der Waals surface area contributed by atoms with Gasteiger partial charge in [0.15, 0.2) is 11.6 Å². The van der Waals surface area contributed by atoms with Gasteiger partial charge in [-0.25, -0.2) is 4.39 Å². The van der Waals surface area contributed by atoms with Crippen LogP contribution in [0.15, 0.2) is 18.2 Å². The van der Waals surface area contributed by atoms with Gasteiger partial charge in [-0.2, -0.15) is 11.8 Å². The summed E-state index contributed by atoms with van der Waals surface area (Å²) in [4.78, 5) is 0. The number of benzene rings is 1. The largest absolute Gasteiger partial charge is 0.505 e. The molecule has 0 aromatic heterocycles. The van der Waals surface area contributed by atoms with Crippen molar-refractivity contribution in [2.45, 2.75) is 13.0 Å². The highest BCUT2D eigenvalue weighted by Crippen LogP contribution is 2.15. The molecule has 0 amide bonds. The van der Waals surface area contributed by atoms with Gasteiger partial charge in [0.1, 0.15) is 0 Å². The fraction of sp³-hybridized carbons (Fsp3) is 0.500. The number of phenols is 1. The van der Waals surface area contributed by atoms with Gasteiger partial charge in [-0.1, -0.05) is 6.07 Å². The van der Waals surface area contributed by atoms with Crippen LogP contribution in [0.5, 0.6) is 5.75 Å². The van der Waals surface area contributed by atoms with E-state index in [0.29, 0.717) is 6.54 Å². The Balaban J connectivity index is 2.11. The lowest BCUT2D eigenvalue weighted by molar-refractivity contribution is 0.296. The minimum atomic E-state index is -0.582. The number of rotatable bonds is 8. The van der Waals surface area contributed by atoms with Crippen molar-refractivity contribution in [1.82, 2.24) is 5.32 Å². The highest BCUT2D eigenvalue weighted by atomic mass is 32.2. The number of thioether (sulfide) groups is 1. The van der Waals surface area contributed by atoms with Crippen molar-refractivity contribution in [1.29, 1.82) is 0 Å². The second-order valence-electron chi connectivity index (χ2n) is 3.65. The minimum Gasteiger partial charge on any atom is -0.505 e. The topological polar surface area (TPSA) is 52.5 Å². The summed E-state index contributed by atoms with van der Waals surface area (Å²) in [5, 5.41) is 20.8. The predicted octanol–water partition coefficient (Wildman–Crippen LogP) is 1.74. The van der Waals surface area contributed by atoms with Gasteiger partial charge in [0.25, 0.3) is 0 Å². The molecule has 1 aromatic rings. The van der Waals surface area contributed by atoms with Gasteiger partial charge in [0.2, 0.25) is 0 Å². The summed E-state index contributed by atoms with van der Waals surface area (Å²) in [7, 11) is 0. The second kappa shape index (κ2) is 8.33. The number of nitrogens with one attached hydrogen (secondary N) is 1. The summed E-state index contributed by atoms with van der Waals surface area (Å²) in [5.74, 6) is 1.04. The number of hydrogen-bond donors (Lipinski definition) is 3. The van der Waals surface area contributed by atoms with Crippen molar-refractivity contribution in [3.05, 3.63) is 29.6 Å².